The lowest BCUT2D eigenvalue weighted by Gasteiger charge is -2.55. The SMILES string of the molecule is COc1cc(Cl)ccc1C(=O)NNC(=O)C12CC3CC(CC(C3)C1)C2. The molecule has 6 heteroatoms. The molecule has 0 atom stereocenters. The molecule has 0 spiro atoms. The van der Waals surface area contributed by atoms with Crippen molar-refractivity contribution in [3.63, 3.8) is 0 Å². The summed E-state index contributed by atoms with van der Waals surface area (Å²) in [5.74, 6) is 2.01. The third kappa shape index (κ3) is 2.99. The van der Waals surface area contributed by atoms with Gasteiger partial charge in [-0.3, -0.25) is 20.4 Å². The number of benzene rings is 1. The number of halogens is 1. The highest BCUT2D eigenvalue weighted by Gasteiger charge is 2.54. The summed E-state index contributed by atoms with van der Waals surface area (Å²) in [7, 11) is 1.48. The van der Waals surface area contributed by atoms with E-state index in [0.29, 0.717) is 34.1 Å². The van der Waals surface area contributed by atoms with E-state index in [0.717, 1.165) is 19.3 Å². The van der Waals surface area contributed by atoms with Crippen molar-refractivity contribution in [1.29, 1.82) is 0 Å². The van der Waals surface area contributed by atoms with Crippen molar-refractivity contribution in [2.24, 2.45) is 23.2 Å². The Balaban J connectivity index is 1.43. The van der Waals surface area contributed by atoms with E-state index in [4.69, 9.17) is 16.3 Å². The van der Waals surface area contributed by atoms with Gasteiger partial charge in [0.25, 0.3) is 5.91 Å². The van der Waals surface area contributed by atoms with Gasteiger partial charge in [-0.2, -0.15) is 0 Å². The van der Waals surface area contributed by atoms with Gasteiger partial charge < -0.3 is 4.74 Å². The van der Waals surface area contributed by atoms with Crippen LogP contribution in [0, 0.1) is 23.2 Å². The number of ether oxygens (including phenoxy) is 1. The van der Waals surface area contributed by atoms with Crippen LogP contribution < -0.4 is 15.6 Å². The Morgan fingerprint density at radius 2 is 1.68 bits per heavy atom. The molecule has 2 N–H and O–H groups in total. The van der Waals surface area contributed by atoms with Crippen LogP contribution in [0.4, 0.5) is 0 Å². The Bertz CT molecular complexity index is 683. The number of nitrogens with one attached hydrogen (secondary N) is 2. The lowest BCUT2D eigenvalue weighted by Crippen LogP contribution is -2.56. The standard InChI is InChI=1S/C19H23ClN2O3/c1-25-16-7-14(20)2-3-15(16)17(23)21-22-18(24)19-8-11-4-12(9-19)6-13(5-11)10-19/h2-3,7,11-13H,4-6,8-10H2,1H3,(H,21,23)(H,22,24). The van der Waals surface area contributed by atoms with Gasteiger partial charge in [-0.1, -0.05) is 11.6 Å². The Morgan fingerprint density at radius 3 is 2.24 bits per heavy atom. The van der Waals surface area contributed by atoms with Gasteiger partial charge in [0.15, 0.2) is 0 Å². The number of carbonyl (C=O) groups excluding carboxylic acids is 2. The molecule has 4 aliphatic carbocycles. The van der Waals surface area contributed by atoms with E-state index in [1.54, 1.807) is 18.2 Å². The Hall–Kier alpha value is -1.75. The first kappa shape index (κ1) is 16.7. The van der Waals surface area contributed by atoms with Crippen LogP contribution in [0.15, 0.2) is 18.2 Å². The number of hydrogen-bond acceptors (Lipinski definition) is 3. The van der Waals surface area contributed by atoms with E-state index in [9.17, 15) is 9.59 Å². The van der Waals surface area contributed by atoms with Gasteiger partial charge in [0.05, 0.1) is 18.1 Å². The second-order valence-electron chi connectivity index (χ2n) is 7.95. The topological polar surface area (TPSA) is 67.4 Å². The molecular weight excluding hydrogens is 340 g/mol. The number of carbonyl (C=O) groups is 2. The van der Waals surface area contributed by atoms with Crippen LogP contribution in [-0.4, -0.2) is 18.9 Å². The Kier molecular flexibility index (Phi) is 4.14. The van der Waals surface area contributed by atoms with Gasteiger partial charge in [0.1, 0.15) is 5.75 Å². The summed E-state index contributed by atoms with van der Waals surface area (Å²) in [4.78, 5) is 25.3. The molecular formula is C19H23ClN2O3. The van der Waals surface area contributed by atoms with Crippen molar-refractivity contribution >= 4 is 23.4 Å². The molecule has 4 fully saturated rings. The number of methoxy groups -OCH3 is 1. The Labute approximate surface area is 152 Å². The number of hydrogen-bond donors (Lipinski definition) is 2. The highest BCUT2D eigenvalue weighted by atomic mass is 35.5. The first-order chi connectivity index (χ1) is 12.0. The zero-order valence-electron chi connectivity index (χ0n) is 14.3. The minimum Gasteiger partial charge on any atom is -0.496 e. The molecule has 4 aliphatic rings. The largest absolute Gasteiger partial charge is 0.496 e. The van der Waals surface area contributed by atoms with Crippen LogP contribution in [0.1, 0.15) is 48.9 Å². The van der Waals surface area contributed by atoms with Gasteiger partial charge >= 0.3 is 0 Å². The van der Waals surface area contributed by atoms with Crippen molar-refractivity contribution < 1.29 is 14.3 Å². The number of hydrazine groups is 1. The summed E-state index contributed by atoms with van der Waals surface area (Å²) in [6.07, 6.45) is 6.73. The van der Waals surface area contributed by atoms with Crippen molar-refractivity contribution in [2.45, 2.75) is 38.5 Å². The quantitative estimate of drug-likeness (QED) is 0.810. The predicted octanol–water partition coefficient (Wildman–Crippen LogP) is 3.33. The van der Waals surface area contributed by atoms with Crippen molar-refractivity contribution in [1.82, 2.24) is 10.9 Å². The van der Waals surface area contributed by atoms with Crippen LogP contribution in [-0.2, 0) is 4.79 Å². The fourth-order valence-electron chi connectivity index (χ4n) is 5.55. The van der Waals surface area contributed by atoms with E-state index in [2.05, 4.69) is 10.9 Å². The van der Waals surface area contributed by atoms with Crippen molar-refractivity contribution in [3.05, 3.63) is 28.8 Å². The maximum atomic E-state index is 12.9. The lowest BCUT2D eigenvalue weighted by atomic mass is 9.49. The molecule has 1 aromatic carbocycles. The molecule has 4 bridgehead atoms. The second kappa shape index (κ2) is 6.20. The first-order valence-electron chi connectivity index (χ1n) is 8.93. The Morgan fingerprint density at radius 1 is 1.08 bits per heavy atom. The van der Waals surface area contributed by atoms with Gasteiger partial charge in [-0.25, -0.2) is 0 Å². The molecule has 0 radical (unpaired) electrons. The molecule has 25 heavy (non-hydrogen) atoms. The molecule has 0 aliphatic heterocycles. The van der Waals surface area contributed by atoms with Crippen molar-refractivity contribution in [2.75, 3.05) is 7.11 Å². The first-order valence-corrected chi connectivity index (χ1v) is 9.31. The third-order valence-electron chi connectivity index (χ3n) is 6.22. The fraction of sp³-hybridized carbons (Fsp3) is 0.579. The molecule has 0 unspecified atom stereocenters. The minimum absolute atomic E-state index is 0.0344. The normalized spacial score (nSPS) is 32.3. The maximum absolute atomic E-state index is 12.9. The van der Waals surface area contributed by atoms with Crippen LogP contribution in [0.25, 0.3) is 0 Å². The smallest absolute Gasteiger partial charge is 0.273 e. The minimum atomic E-state index is -0.397. The summed E-state index contributed by atoms with van der Waals surface area (Å²) in [6.45, 7) is 0. The van der Waals surface area contributed by atoms with E-state index in [1.807, 2.05) is 0 Å². The van der Waals surface area contributed by atoms with E-state index < -0.39 is 5.91 Å². The van der Waals surface area contributed by atoms with Gasteiger partial charge in [-0.05, 0) is 74.5 Å². The summed E-state index contributed by atoms with van der Waals surface area (Å²) < 4.78 is 5.20. The van der Waals surface area contributed by atoms with Gasteiger partial charge in [-0.15, -0.1) is 0 Å². The summed E-state index contributed by atoms with van der Waals surface area (Å²) in [5, 5.41) is 0.492. The van der Waals surface area contributed by atoms with Gasteiger partial charge in [0, 0.05) is 5.02 Å². The van der Waals surface area contributed by atoms with Crippen LogP contribution >= 0.6 is 11.6 Å². The maximum Gasteiger partial charge on any atom is 0.273 e. The average Bonchev–Trinajstić information content (AvgIpc) is 2.58. The van der Waals surface area contributed by atoms with Crippen LogP contribution in [0.3, 0.4) is 0 Å². The fourth-order valence-corrected chi connectivity index (χ4v) is 5.72. The molecule has 2 amide bonds. The summed E-state index contributed by atoms with van der Waals surface area (Å²) in [5.41, 5.74) is 5.29. The second-order valence-corrected chi connectivity index (χ2v) is 8.39. The highest BCUT2D eigenvalue weighted by molar-refractivity contribution is 6.30. The third-order valence-corrected chi connectivity index (χ3v) is 6.45. The highest BCUT2D eigenvalue weighted by Crippen LogP contribution is 2.60. The van der Waals surface area contributed by atoms with E-state index in [-0.39, 0.29) is 11.3 Å². The number of amides is 2. The summed E-state index contributed by atoms with van der Waals surface area (Å²) >= 11 is 5.92. The van der Waals surface area contributed by atoms with Crippen molar-refractivity contribution in [3.8, 4) is 5.75 Å². The molecule has 1 aromatic rings. The molecule has 0 heterocycles. The monoisotopic (exact) mass is 362 g/mol. The predicted molar refractivity (Wildman–Crippen MR) is 94.2 cm³/mol. The van der Waals surface area contributed by atoms with E-state index >= 15 is 0 Å². The molecule has 4 saturated carbocycles. The molecule has 134 valence electrons. The molecule has 0 saturated heterocycles. The average molecular weight is 363 g/mol. The van der Waals surface area contributed by atoms with E-state index in [1.165, 1.54) is 26.4 Å². The molecule has 0 aromatic heterocycles. The summed E-state index contributed by atoms with van der Waals surface area (Å²) in [6, 6.07) is 4.80. The van der Waals surface area contributed by atoms with Crippen LogP contribution in [0.5, 0.6) is 5.75 Å². The zero-order valence-corrected chi connectivity index (χ0v) is 15.1. The molecule has 5 rings (SSSR count). The zero-order chi connectivity index (χ0) is 17.6. The molecule has 5 nitrogen and oxygen atoms in total. The lowest BCUT2D eigenvalue weighted by molar-refractivity contribution is -0.147. The van der Waals surface area contributed by atoms with Gasteiger partial charge in [0.2, 0.25) is 5.91 Å². The number of rotatable bonds is 3. The van der Waals surface area contributed by atoms with Crippen LogP contribution in [0.2, 0.25) is 5.02 Å².